The molecule has 1 saturated heterocycles. The van der Waals surface area contributed by atoms with E-state index in [1.54, 1.807) is 0 Å². The molecular formula is C21H17F5N6O2. The fourth-order valence-corrected chi connectivity index (χ4v) is 4.09. The largest absolute Gasteiger partial charge is 0.408 e. The Morgan fingerprint density at radius 3 is 2.56 bits per heavy atom. The highest BCUT2D eigenvalue weighted by Crippen LogP contribution is 2.31. The monoisotopic (exact) mass is 480 g/mol. The van der Waals surface area contributed by atoms with Crippen LogP contribution in [0.25, 0.3) is 27.9 Å². The van der Waals surface area contributed by atoms with Crippen LogP contribution in [0.5, 0.6) is 0 Å². The SMILES string of the molecule is O=C(c1cc2c(cn1)c(-c1cnc3c(F)cc(F)cn13)nn2CC(F)(F)F)N1CCC(O)CC1. The van der Waals surface area contributed by atoms with Gasteiger partial charge in [0.15, 0.2) is 11.5 Å². The number of nitrogens with zero attached hydrogens (tertiary/aromatic N) is 6. The van der Waals surface area contributed by atoms with Gasteiger partial charge in [-0.15, -0.1) is 0 Å². The van der Waals surface area contributed by atoms with E-state index in [0.717, 1.165) is 10.6 Å². The predicted molar refractivity (Wildman–Crippen MR) is 109 cm³/mol. The van der Waals surface area contributed by atoms with Crippen molar-refractivity contribution in [2.24, 2.45) is 0 Å². The number of fused-ring (bicyclic) bond motifs is 2. The highest BCUT2D eigenvalue weighted by Gasteiger charge is 2.31. The number of amides is 1. The van der Waals surface area contributed by atoms with E-state index < -0.39 is 36.4 Å². The molecule has 1 aliphatic rings. The lowest BCUT2D eigenvalue weighted by atomic mass is 10.1. The molecule has 0 atom stereocenters. The number of pyridine rings is 2. The lowest BCUT2D eigenvalue weighted by molar-refractivity contribution is -0.141. The standard InChI is InChI=1S/C21H17F5N6O2/c22-11-5-14(23)19-28-8-17(31(19)9-11)18-13-7-27-15(20(34)30-3-1-12(33)2-4-30)6-16(13)32(29-18)10-21(24,25)26/h5-9,12,33H,1-4,10H2. The lowest BCUT2D eigenvalue weighted by Gasteiger charge is -2.29. The molecule has 1 fully saturated rings. The summed E-state index contributed by atoms with van der Waals surface area (Å²) in [6.45, 7) is -0.853. The van der Waals surface area contributed by atoms with Crippen molar-refractivity contribution >= 4 is 22.5 Å². The van der Waals surface area contributed by atoms with E-state index >= 15 is 0 Å². The molecule has 0 aliphatic carbocycles. The van der Waals surface area contributed by atoms with E-state index in [9.17, 15) is 31.9 Å². The van der Waals surface area contributed by atoms with Crippen LogP contribution in [0.15, 0.2) is 30.7 Å². The van der Waals surface area contributed by atoms with Gasteiger partial charge in [0, 0.05) is 36.9 Å². The van der Waals surface area contributed by atoms with Crippen LogP contribution in [-0.4, -0.2) is 65.4 Å². The topological polar surface area (TPSA) is 88.6 Å². The number of likely N-dealkylation sites (tertiary alicyclic amines) is 1. The molecule has 1 amide bonds. The summed E-state index contributed by atoms with van der Waals surface area (Å²) in [5.74, 6) is -2.32. The number of imidazole rings is 1. The molecule has 0 spiro atoms. The van der Waals surface area contributed by atoms with Gasteiger partial charge in [0.1, 0.15) is 23.7 Å². The smallest absolute Gasteiger partial charge is 0.393 e. The summed E-state index contributed by atoms with van der Waals surface area (Å²) in [6.07, 6.45) is -0.996. The second kappa shape index (κ2) is 8.01. The molecule has 0 unspecified atom stereocenters. The van der Waals surface area contributed by atoms with Gasteiger partial charge in [-0.25, -0.2) is 13.8 Å². The number of aromatic nitrogens is 5. The van der Waals surface area contributed by atoms with E-state index in [0.29, 0.717) is 36.7 Å². The molecule has 4 aromatic heterocycles. The molecule has 8 nitrogen and oxygen atoms in total. The zero-order valence-corrected chi connectivity index (χ0v) is 17.4. The van der Waals surface area contributed by atoms with Crippen LogP contribution >= 0.6 is 0 Å². The van der Waals surface area contributed by atoms with E-state index in [1.165, 1.54) is 23.4 Å². The van der Waals surface area contributed by atoms with Crippen molar-refractivity contribution in [1.82, 2.24) is 29.0 Å². The average Bonchev–Trinajstić information content (AvgIpc) is 3.34. The second-order valence-corrected chi connectivity index (χ2v) is 8.07. The number of alkyl halides is 3. The third kappa shape index (κ3) is 3.95. The highest BCUT2D eigenvalue weighted by atomic mass is 19.4. The molecule has 13 heteroatoms. The van der Waals surface area contributed by atoms with Crippen molar-refractivity contribution in [2.45, 2.75) is 31.7 Å². The Bertz CT molecular complexity index is 1400. The Hall–Kier alpha value is -3.61. The molecule has 0 radical (unpaired) electrons. The zero-order valence-electron chi connectivity index (χ0n) is 17.4. The molecule has 4 aromatic rings. The summed E-state index contributed by atoms with van der Waals surface area (Å²) in [4.78, 5) is 22.4. The predicted octanol–water partition coefficient (Wildman–Crippen LogP) is 3.18. The van der Waals surface area contributed by atoms with Crippen LogP contribution in [0.1, 0.15) is 23.3 Å². The van der Waals surface area contributed by atoms with E-state index in [2.05, 4.69) is 15.1 Å². The number of hydrogen-bond donors (Lipinski definition) is 1. The fourth-order valence-electron chi connectivity index (χ4n) is 4.09. The van der Waals surface area contributed by atoms with Crippen molar-refractivity contribution < 1.29 is 31.9 Å². The minimum absolute atomic E-state index is 0.0189. The number of carbonyl (C=O) groups is 1. The van der Waals surface area contributed by atoms with Gasteiger partial charge in [-0.2, -0.15) is 18.3 Å². The van der Waals surface area contributed by atoms with Crippen molar-refractivity contribution in [3.05, 3.63) is 48.1 Å². The van der Waals surface area contributed by atoms with Crippen molar-refractivity contribution in [1.29, 1.82) is 0 Å². The van der Waals surface area contributed by atoms with Crippen molar-refractivity contribution in [3.63, 3.8) is 0 Å². The average molecular weight is 480 g/mol. The summed E-state index contributed by atoms with van der Waals surface area (Å²) in [5, 5.41) is 13.8. The molecule has 0 saturated carbocycles. The molecule has 5 heterocycles. The van der Waals surface area contributed by atoms with Crippen molar-refractivity contribution in [2.75, 3.05) is 13.1 Å². The fraction of sp³-hybridized carbons (Fsp3) is 0.333. The number of hydrogen-bond acceptors (Lipinski definition) is 5. The first-order valence-electron chi connectivity index (χ1n) is 10.3. The van der Waals surface area contributed by atoms with Gasteiger partial charge in [-0.3, -0.25) is 18.9 Å². The molecule has 5 rings (SSSR count). The minimum Gasteiger partial charge on any atom is -0.393 e. The number of aliphatic hydroxyl groups is 1. The van der Waals surface area contributed by atoms with Crippen LogP contribution in [-0.2, 0) is 6.54 Å². The maximum absolute atomic E-state index is 14.1. The van der Waals surface area contributed by atoms with Crippen LogP contribution in [0.2, 0.25) is 0 Å². The Kier molecular flexibility index (Phi) is 5.23. The summed E-state index contributed by atoms with van der Waals surface area (Å²) in [5.41, 5.74) is -0.278. The maximum atomic E-state index is 14.1. The van der Waals surface area contributed by atoms with Crippen LogP contribution in [0, 0.1) is 11.6 Å². The van der Waals surface area contributed by atoms with Gasteiger partial charge in [0.25, 0.3) is 5.91 Å². The van der Waals surface area contributed by atoms with E-state index in [4.69, 9.17) is 0 Å². The van der Waals surface area contributed by atoms with Gasteiger partial charge in [-0.05, 0) is 18.9 Å². The Labute approximate surface area is 188 Å². The Balaban J connectivity index is 1.64. The van der Waals surface area contributed by atoms with E-state index in [-0.39, 0.29) is 33.6 Å². The number of rotatable bonds is 3. The number of carbonyl (C=O) groups excluding carboxylic acids is 1. The summed E-state index contributed by atoms with van der Waals surface area (Å²) < 4.78 is 69.5. The van der Waals surface area contributed by atoms with Gasteiger partial charge in [-0.1, -0.05) is 0 Å². The zero-order chi connectivity index (χ0) is 24.2. The molecule has 178 valence electrons. The third-order valence-electron chi connectivity index (χ3n) is 5.71. The quantitative estimate of drug-likeness (QED) is 0.455. The normalized spacial score (nSPS) is 15.5. The Morgan fingerprint density at radius 1 is 1.12 bits per heavy atom. The van der Waals surface area contributed by atoms with Crippen LogP contribution in [0.4, 0.5) is 22.0 Å². The molecular weight excluding hydrogens is 463 g/mol. The highest BCUT2D eigenvalue weighted by molar-refractivity contribution is 5.99. The summed E-state index contributed by atoms with van der Waals surface area (Å²) in [7, 11) is 0. The Morgan fingerprint density at radius 2 is 1.85 bits per heavy atom. The second-order valence-electron chi connectivity index (χ2n) is 8.07. The number of halogens is 5. The van der Waals surface area contributed by atoms with Gasteiger partial charge in [0.05, 0.1) is 23.5 Å². The van der Waals surface area contributed by atoms with Crippen LogP contribution in [0.3, 0.4) is 0 Å². The first-order chi connectivity index (χ1) is 16.1. The maximum Gasteiger partial charge on any atom is 0.408 e. The molecule has 34 heavy (non-hydrogen) atoms. The molecule has 0 aromatic carbocycles. The summed E-state index contributed by atoms with van der Waals surface area (Å²) in [6, 6.07) is 1.86. The molecule has 1 N–H and O–H groups in total. The van der Waals surface area contributed by atoms with Gasteiger partial charge >= 0.3 is 6.18 Å². The molecule has 1 aliphatic heterocycles. The number of aliphatic hydroxyl groups excluding tert-OH is 1. The third-order valence-corrected chi connectivity index (χ3v) is 5.71. The number of piperidine rings is 1. The van der Waals surface area contributed by atoms with E-state index in [1.807, 2.05) is 0 Å². The van der Waals surface area contributed by atoms with Gasteiger partial charge in [0.2, 0.25) is 0 Å². The van der Waals surface area contributed by atoms with Crippen molar-refractivity contribution in [3.8, 4) is 11.4 Å². The molecule has 0 bridgehead atoms. The summed E-state index contributed by atoms with van der Waals surface area (Å²) >= 11 is 0. The van der Waals surface area contributed by atoms with Gasteiger partial charge < -0.3 is 10.0 Å². The first-order valence-corrected chi connectivity index (χ1v) is 10.3. The lowest BCUT2D eigenvalue weighted by Crippen LogP contribution is -2.40. The van der Waals surface area contributed by atoms with Crippen LogP contribution < -0.4 is 0 Å². The first kappa shape index (κ1) is 22.2. The minimum atomic E-state index is -4.62.